The van der Waals surface area contributed by atoms with Crippen molar-refractivity contribution in [2.75, 3.05) is 18.5 Å². The van der Waals surface area contributed by atoms with E-state index in [2.05, 4.69) is 0 Å². The minimum absolute atomic E-state index is 0.0700. The first-order valence-electron chi connectivity index (χ1n) is 6.53. The van der Waals surface area contributed by atoms with Crippen molar-refractivity contribution < 1.29 is 9.72 Å². The SMILES string of the molecule is Cc1ccccc1N(C)CC(=O)c1cccc([N+](=O)[O-])c1. The van der Waals surface area contributed by atoms with Crippen LogP contribution in [-0.2, 0) is 0 Å². The van der Waals surface area contributed by atoms with Crippen LogP contribution < -0.4 is 4.90 Å². The van der Waals surface area contributed by atoms with E-state index in [1.807, 2.05) is 43.1 Å². The van der Waals surface area contributed by atoms with Crippen LogP contribution in [0, 0.1) is 17.0 Å². The van der Waals surface area contributed by atoms with Gasteiger partial charge in [0.2, 0.25) is 0 Å². The van der Waals surface area contributed by atoms with Gasteiger partial charge in [0, 0.05) is 30.4 Å². The molecular weight excluding hydrogens is 268 g/mol. The number of Topliss-reactive ketones (excluding diaryl/α,β-unsaturated/α-hetero) is 1. The van der Waals surface area contributed by atoms with Crippen molar-refractivity contribution >= 4 is 17.2 Å². The van der Waals surface area contributed by atoms with Gasteiger partial charge in [-0.15, -0.1) is 0 Å². The highest BCUT2D eigenvalue weighted by Gasteiger charge is 2.14. The summed E-state index contributed by atoms with van der Waals surface area (Å²) in [6.45, 7) is 2.15. The van der Waals surface area contributed by atoms with E-state index in [1.165, 1.54) is 18.2 Å². The number of likely N-dealkylation sites (N-methyl/N-ethyl adjacent to an activating group) is 1. The third kappa shape index (κ3) is 3.45. The first-order chi connectivity index (χ1) is 9.99. The number of carbonyl (C=O) groups is 1. The summed E-state index contributed by atoms with van der Waals surface area (Å²) in [6.07, 6.45) is 0. The quantitative estimate of drug-likeness (QED) is 0.480. The topological polar surface area (TPSA) is 63.5 Å². The van der Waals surface area contributed by atoms with E-state index in [1.54, 1.807) is 6.07 Å². The molecule has 5 heteroatoms. The van der Waals surface area contributed by atoms with Crippen LogP contribution in [-0.4, -0.2) is 24.3 Å². The highest BCUT2D eigenvalue weighted by atomic mass is 16.6. The third-order valence-electron chi connectivity index (χ3n) is 3.29. The lowest BCUT2D eigenvalue weighted by Gasteiger charge is -2.20. The summed E-state index contributed by atoms with van der Waals surface area (Å²) >= 11 is 0. The van der Waals surface area contributed by atoms with E-state index in [9.17, 15) is 14.9 Å². The number of ketones is 1. The number of anilines is 1. The molecule has 0 N–H and O–H groups in total. The maximum Gasteiger partial charge on any atom is 0.270 e. The van der Waals surface area contributed by atoms with Crippen molar-refractivity contribution in [3.05, 3.63) is 69.8 Å². The maximum absolute atomic E-state index is 12.3. The lowest BCUT2D eigenvalue weighted by molar-refractivity contribution is -0.384. The molecule has 0 aliphatic carbocycles. The molecule has 0 saturated heterocycles. The molecule has 5 nitrogen and oxygen atoms in total. The number of rotatable bonds is 5. The Kier molecular flexibility index (Phi) is 4.33. The molecule has 0 spiro atoms. The average molecular weight is 284 g/mol. The third-order valence-corrected chi connectivity index (χ3v) is 3.29. The second kappa shape index (κ2) is 6.17. The summed E-state index contributed by atoms with van der Waals surface area (Å²) in [5.41, 5.74) is 2.33. The standard InChI is InChI=1S/C16H16N2O3/c1-12-6-3-4-9-15(12)17(2)11-16(19)13-7-5-8-14(10-13)18(20)21/h3-10H,11H2,1-2H3. The van der Waals surface area contributed by atoms with Crippen LogP contribution in [0.5, 0.6) is 0 Å². The summed E-state index contributed by atoms with van der Waals surface area (Å²) in [5.74, 6) is -0.149. The Morgan fingerprint density at radius 3 is 2.57 bits per heavy atom. The van der Waals surface area contributed by atoms with Crippen LogP contribution in [0.3, 0.4) is 0 Å². The number of non-ortho nitro benzene ring substituents is 1. The molecular formula is C16H16N2O3. The van der Waals surface area contributed by atoms with Crippen molar-refractivity contribution in [2.45, 2.75) is 6.92 Å². The molecule has 2 rings (SSSR count). The lowest BCUT2D eigenvalue weighted by Crippen LogP contribution is -2.26. The van der Waals surface area contributed by atoms with E-state index in [-0.39, 0.29) is 18.0 Å². The summed E-state index contributed by atoms with van der Waals surface area (Å²) in [4.78, 5) is 24.3. The highest BCUT2D eigenvalue weighted by Crippen LogP contribution is 2.19. The van der Waals surface area contributed by atoms with Gasteiger partial charge >= 0.3 is 0 Å². The minimum atomic E-state index is -0.498. The summed E-state index contributed by atoms with van der Waals surface area (Å²) < 4.78 is 0. The van der Waals surface area contributed by atoms with E-state index in [0.29, 0.717) is 5.56 Å². The Labute approximate surface area is 123 Å². The highest BCUT2D eigenvalue weighted by molar-refractivity contribution is 5.99. The molecule has 2 aromatic rings. The molecule has 2 aromatic carbocycles. The molecule has 0 aliphatic heterocycles. The van der Waals surface area contributed by atoms with Gasteiger partial charge in [-0.1, -0.05) is 30.3 Å². The Balaban J connectivity index is 2.16. The van der Waals surface area contributed by atoms with E-state index in [4.69, 9.17) is 0 Å². The summed E-state index contributed by atoms with van der Waals surface area (Å²) in [7, 11) is 1.83. The van der Waals surface area contributed by atoms with E-state index >= 15 is 0 Å². The Morgan fingerprint density at radius 1 is 1.19 bits per heavy atom. The number of hydrogen-bond donors (Lipinski definition) is 0. The molecule has 0 unspecified atom stereocenters. The molecule has 21 heavy (non-hydrogen) atoms. The predicted octanol–water partition coefficient (Wildman–Crippen LogP) is 3.22. The largest absolute Gasteiger partial charge is 0.367 e. The zero-order valence-electron chi connectivity index (χ0n) is 11.9. The molecule has 0 heterocycles. The smallest absolute Gasteiger partial charge is 0.270 e. The summed E-state index contributed by atoms with van der Waals surface area (Å²) in [5, 5.41) is 10.7. The van der Waals surface area contributed by atoms with Gasteiger partial charge in [0.05, 0.1) is 11.5 Å². The Hall–Kier alpha value is -2.69. The van der Waals surface area contributed by atoms with Crippen LogP contribution in [0.25, 0.3) is 0 Å². The van der Waals surface area contributed by atoms with Crippen LogP contribution >= 0.6 is 0 Å². The normalized spacial score (nSPS) is 10.2. The van der Waals surface area contributed by atoms with Crippen molar-refractivity contribution in [3.8, 4) is 0 Å². The average Bonchev–Trinajstić information content (AvgIpc) is 2.47. The Bertz CT molecular complexity index is 683. The van der Waals surface area contributed by atoms with Crippen LogP contribution in [0.2, 0.25) is 0 Å². The monoisotopic (exact) mass is 284 g/mol. The first-order valence-corrected chi connectivity index (χ1v) is 6.53. The predicted molar refractivity (Wildman–Crippen MR) is 81.9 cm³/mol. The number of carbonyl (C=O) groups excluding carboxylic acids is 1. The zero-order chi connectivity index (χ0) is 15.4. The van der Waals surface area contributed by atoms with Crippen molar-refractivity contribution in [1.82, 2.24) is 0 Å². The minimum Gasteiger partial charge on any atom is -0.367 e. The first kappa shape index (κ1) is 14.7. The number of nitro groups is 1. The van der Waals surface area contributed by atoms with Crippen molar-refractivity contribution in [2.24, 2.45) is 0 Å². The molecule has 0 saturated carbocycles. The molecule has 108 valence electrons. The van der Waals surface area contributed by atoms with E-state index < -0.39 is 4.92 Å². The number of nitro benzene ring substituents is 1. The molecule has 0 fully saturated rings. The second-order valence-corrected chi connectivity index (χ2v) is 4.87. The lowest BCUT2D eigenvalue weighted by atomic mass is 10.1. The number of hydrogen-bond acceptors (Lipinski definition) is 4. The molecule has 0 bridgehead atoms. The number of aryl methyl sites for hydroxylation is 1. The fourth-order valence-corrected chi connectivity index (χ4v) is 2.18. The molecule has 0 radical (unpaired) electrons. The molecule has 0 aromatic heterocycles. The van der Waals surface area contributed by atoms with Crippen LogP contribution in [0.1, 0.15) is 15.9 Å². The van der Waals surface area contributed by atoms with Gasteiger partial charge in [-0.3, -0.25) is 14.9 Å². The summed E-state index contributed by atoms with van der Waals surface area (Å²) in [6, 6.07) is 13.6. The van der Waals surface area contributed by atoms with Gasteiger partial charge in [-0.05, 0) is 18.6 Å². The van der Waals surface area contributed by atoms with Crippen LogP contribution in [0.4, 0.5) is 11.4 Å². The number of nitrogens with zero attached hydrogens (tertiary/aromatic N) is 2. The van der Waals surface area contributed by atoms with Crippen molar-refractivity contribution in [1.29, 1.82) is 0 Å². The van der Waals surface area contributed by atoms with Gasteiger partial charge in [0.1, 0.15) is 0 Å². The fraction of sp³-hybridized carbons (Fsp3) is 0.188. The van der Waals surface area contributed by atoms with Crippen LogP contribution in [0.15, 0.2) is 48.5 Å². The Morgan fingerprint density at radius 2 is 1.90 bits per heavy atom. The number of para-hydroxylation sites is 1. The van der Waals surface area contributed by atoms with Gasteiger partial charge in [-0.25, -0.2) is 0 Å². The number of benzene rings is 2. The van der Waals surface area contributed by atoms with E-state index in [0.717, 1.165) is 11.3 Å². The second-order valence-electron chi connectivity index (χ2n) is 4.87. The van der Waals surface area contributed by atoms with Gasteiger partial charge in [-0.2, -0.15) is 0 Å². The van der Waals surface area contributed by atoms with Gasteiger partial charge < -0.3 is 4.90 Å². The van der Waals surface area contributed by atoms with Gasteiger partial charge in [0.15, 0.2) is 5.78 Å². The molecule has 0 aliphatic rings. The fourth-order valence-electron chi connectivity index (χ4n) is 2.18. The van der Waals surface area contributed by atoms with Gasteiger partial charge in [0.25, 0.3) is 5.69 Å². The zero-order valence-corrected chi connectivity index (χ0v) is 11.9. The molecule has 0 amide bonds. The van der Waals surface area contributed by atoms with Crippen molar-refractivity contribution in [3.63, 3.8) is 0 Å². The molecule has 0 atom stereocenters. The maximum atomic E-state index is 12.3.